The van der Waals surface area contributed by atoms with Gasteiger partial charge in [-0.15, -0.1) is 0 Å². The second-order valence-corrected chi connectivity index (χ2v) is 6.02. The fourth-order valence-corrected chi connectivity index (χ4v) is 3.01. The maximum absolute atomic E-state index is 12.3. The number of hydrogen-bond acceptors (Lipinski definition) is 3. The second kappa shape index (κ2) is 5.44. The minimum atomic E-state index is -0.647. The Hall–Kier alpha value is -1.56. The van der Waals surface area contributed by atoms with Crippen molar-refractivity contribution >= 4 is 33.1 Å². The van der Waals surface area contributed by atoms with Gasteiger partial charge in [0.2, 0.25) is 0 Å². The summed E-state index contributed by atoms with van der Waals surface area (Å²) in [6.07, 6.45) is 5.41. The first-order valence-corrected chi connectivity index (χ1v) is 7.56. The summed E-state index contributed by atoms with van der Waals surface area (Å²) in [7, 11) is 0. The van der Waals surface area contributed by atoms with Gasteiger partial charge in [-0.25, -0.2) is 9.59 Å². The van der Waals surface area contributed by atoms with E-state index in [1.165, 1.54) is 6.42 Å². The predicted molar refractivity (Wildman–Crippen MR) is 79.0 cm³/mol. The van der Waals surface area contributed by atoms with Gasteiger partial charge in [-0.2, -0.15) is 4.57 Å². The van der Waals surface area contributed by atoms with E-state index in [-0.39, 0.29) is 6.04 Å². The van der Waals surface area contributed by atoms with Crippen molar-refractivity contribution in [2.75, 3.05) is 0 Å². The molecule has 1 heterocycles. The quantitative estimate of drug-likeness (QED) is 0.867. The number of halogens is 1. The van der Waals surface area contributed by atoms with E-state index in [2.05, 4.69) is 21.2 Å². The van der Waals surface area contributed by atoms with Gasteiger partial charge in [0.05, 0.1) is 5.52 Å². The molecule has 6 heteroatoms. The highest BCUT2D eigenvalue weighted by Crippen LogP contribution is 2.20. The number of aromatic nitrogens is 1. The molecule has 0 radical (unpaired) electrons. The van der Waals surface area contributed by atoms with Gasteiger partial charge in [0.1, 0.15) is 0 Å². The molecule has 1 aromatic heterocycles. The maximum Gasteiger partial charge on any atom is 0.428 e. The highest BCUT2D eigenvalue weighted by Gasteiger charge is 2.20. The molecule has 1 saturated carbocycles. The molecule has 1 aliphatic rings. The van der Waals surface area contributed by atoms with Crippen LogP contribution in [0, 0.1) is 0 Å². The molecule has 1 fully saturated rings. The van der Waals surface area contributed by atoms with Gasteiger partial charge in [-0.3, -0.25) is 0 Å². The molecule has 1 aliphatic carbocycles. The van der Waals surface area contributed by atoms with Crippen LogP contribution in [0.2, 0.25) is 0 Å². The van der Waals surface area contributed by atoms with Crippen LogP contribution >= 0.6 is 15.9 Å². The van der Waals surface area contributed by atoms with Crippen LogP contribution in [0.4, 0.5) is 4.79 Å². The van der Waals surface area contributed by atoms with Crippen molar-refractivity contribution in [2.45, 2.75) is 38.1 Å². The predicted octanol–water partition coefficient (Wildman–Crippen LogP) is 3.25. The molecule has 0 spiro atoms. The van der Waals surface area contributed by atoms with Crippen LogP contribution in [-0.4, -0.2) is 16.6 Å². The van der Waals surface area contributed by atoms with E-state index in [0.717, 1.165) is 34.7 Å². The molecule has 1 aromatic carbocycles. The molecule has 3 rings (SSSR count). The minimum Gasteiger partial charge on any atom is -0.407 e. The zero-order valence-electron chi connectivity index (χ0n) is 10.9. The fourth-order valence-electron chi connectivity index (χ4n) is 2.67. The SMILES string of the molecule is O=C(NC1CCCCC1)n1c(=O)oc2cc(Br)ccc21. The summed E-state index contributed by atoms with van der Waals surface area (Å²) in [4.78, 5) is 24.1. The lowest BCUT2D eigenvalue weighted by Crippen LogP contribution is -2.41. The van der Waals surface area contributed by atoms with Crippen molar-refractivity contribution in [3.63, 3.8) is 0 Å². The van der Waals surface area contributed by atoms with E-state index in [9.17, 15) is 9.59 Å². The monoisotopic (exact) mass is 338 g/mol. The van der Waals surface area contributed by atoms with Crippen LogP contribution in [0.5, 0.6) is 0 Å². The van der Waals surface area contributed by atoms with Crippen LogP contribution in [0.25, 0.3) is 11.1 Å². The molecule has 0 aliphatic heterocycles. The number of rotatable bonds is 1. The van der Waals surface area contributed by atoms with Gasteiger partial charge >= 0.3 is 11.8 Å². The van der Waals surface area contributed by atoms with E-state index >= 15 is 0 Å². The van der Waals surface area contributed by atoms with Gasteiger partial charge in [0.25, 0.3) is 0 Å². The molecule has 20 heavy (non-hydrogen) atoms. The number of nitrogens with one attached hydrogen (secondary N) is 1. The Bertz CT molecular complexity index is 698. The third kappa shape index (κ3) is 2.52. The van der Waals surface area contributed by atoms with Crippen molar-refractivity contribution in [1.82, 2.24) is 9.88 Å². The molecule has 2 aromatic rings. The van der Waals surface area contributed by atoms with Gasteiger partial charge in [0.15, 0.2) is 5.58 Å². The number of hydrogen-bond donors (Lipinski definition) is 1. The first kappa shape index (κ1) is 13.4. The lowest BCUT2D eigenvalue weighted by molar-refractivity contribution is 0.233. The first-order valence-electron chi connectivity index (χ1n) is 6.77. The smallest absolute Gasteiger partial charge is 0.407 e. The van der Waals surface area contributed by atoms with Gasteiger partial charge in [0, 0.05) is 10.5 Å². The van der Waals surface area contributed by atoms with Crippen molar-refractivity contribution in [3.05, 3.63) is 33.2 Å². The largest absolute Gasteiger partial charge is 0.428 e. The Morgan fingerprint density at radius 3 is 2.80 bits per heavy atom. The van der Waals surface area contributed by atoms with Crippen LogP contribution < -0.4 is 11.1 Å². The van der Waals surface area contributed by atoms with Crippen molar-refractivity contribution in [3.8, 4) is 0 Å². The Kier molecular flexibility index (Phi) is 3.65. The second-order valence-electron chi connectivity index (χ2n) is 5.10. The number of amides is 1. The summed E-state index contributed by atoms with van der Waals surface area (Å²) in [6, 6.07) is 4.92. The standard InChI is InChI=1S/C14H15BrN2O3/c15-9-6-7-11-12(8-9)20-14(19)17(11)13(18)16-10-4-2-1-3-5-10/h6-8,10H,1-5H2,(H,16,18). The number of fused-ring (bicyclic) bond motifs is 1. The number of carbonyl (C=O) groups excluding carboxylic acids is 1. The Morgan fingerprint density at radius 1 is 1.30 bits per heavy atom. The lowest BCUT2D eigenvalue weighted by Gasteiger charge is -2.22. The van der Waals surface area contributed by atoms with Crippen molar-refractivity contribution < 1.29 is 9.21 Å². The maximum atomic E-state index is 12.3. The third-order valence-electron chi connectivity index (χ3n) is 3.68. The summed E-state index contributed by atoms with van der Waals surface area (Å²) >= 11 is 3.31. The van der Waals surface area contributed by atoms with E-state index in [4.69, 9.17) is 4.42 Å². The number of oxazole rings is 1. The van der Waals surface area contributed by atoms with Crippen molar-refractivity contribution in [1.29, 1.82) is 0 Å². The first-order chi connectivity index (χ1) is 9.65. The summed E-state index contributed by atoms with van der Waals surface area (Å²) in [5.41, 5.74) is 0.898. The van der Waals surface area contributed by atoms with Crippen LogP contribution in [0.15, 0.2) is 31.9 Å². The van der Waals surface area contributed by atoms with E-state index < -0.39 is 11.8 Å². The Labute approximate surface area is 124 Å². The zero-order chi connectivity index (χ0) is 14.1. The molecule has 106 valence electrons. The highest BCUT2D eigenvalue weighted by molar-refractivity contribution is 9.10. The summed E-state index contributed by atoms with van der Waals surface area (Å²) in [6.45, 7) is 0. The normalized spacial score (nSPS) is 16.4. The molecular weight excluding hydrogens is 324 g/mol. The highest BCUT2D eigenvalue weighted by atomic mass is 79.9. The molecule has 5 nitrogen and oxygen atoms in total. The summed E-state index contributed by atoms with van der Waals surface area (Å²) < 4.78 is 6.98. The van der Waals surface area contributed by atoms with Crippen LogP contribution in [0.3, 0.4) is 0 Å². The average Bonchev–Trinajstić information content (AvgIpc) is 2.74. The molecule has 0 saturated heterocycles. The molecule has 0 atom stereocenters. The van der Waals surface area contributed by atoms with Gasteiger partial charge in [-0.05, 0) is 31.0 Å². The van der Waals surface area contributed by atoms with Gasteiger partial charge in [-0.1, -0.05) is 35.2 Å². The van der Waals surface area contributed by atoms with Crippen LogP contribution in [-0.2, 0) is 0 Å². The lowest BCUT2D eigenvalue weighted by atomic mass is 9.96. The number of benzene rings is 1. The van der Waals surface area contributed by atoms with Crippen LogP contribution in [0.1, 0.15) is 32.1 Å². The molecule has 0 unspecified atom stereocenters. The third-order valence-corrected chi connectivity index (χ3v) is 4.17. The molecule has 0 bridgehead atoms. The topological polar surface area (TPSA) is 64.2 Å². The fraction of sp³-hybridized carbons (Fsp3) is 0.429. The summed E-state index contributed by atoms with van der Waals surface area (Å²) in [5.74, 6) is -0.647. The van der Waals surface area contributed by atoms with Gasteiger partial charge < -0.3 is 9.73 Å². The molecule has 1 amide bonds. The zero-order valence-corrected chi connectivity index (χ0v) is 12.5. The Morgan fingerprint density at radius 2 is 2.05 bits per heavy atom. The molecule has 1 N–H and O–H groups in total. The average molecular weight is 339 g/mol. The minimum absolute atomic E-state index is 0.156. The summed E-state index contributed by atoms with van der Waals surface area (Å²) in [5, 5.41) is 2.92. The van der Waals surface area contributed by atoms with E-state index in [1.807, 2.05) is 0 Å². The number of nitrogens with zero attached hydrogens (tertiary/aromatic N) is 1. The number of carbonyl (C=O) groups is 1. The van der Waals surface area contributed by atoms with E-state index in [1.54, 1.807) is 18.2 Å². The van der Waals surface area contributed by atoms with E-state index in [0.29, 0.717) is 11.1 Å². The molecular formula is C14H15BrN2O3. The Balaban J connectivity index is 1.90. The van der Waals surface area contributed by atoms with Crippen molar-refractivity contribution in [2.24, 2.45) is 0 Å².